The molecular weight excluding hydrogens is 268 g/mol. The Morgan fingerprint density at radius 3 is 2.19 bits per heavy atom. The average molecular weight is 292 g/mol. The van der Waals surface area contributed by atoms with E-state index in [0.717, 1.165) is 17.7 Å². The van der Waals surface area contributed by atoms with Crippen molar-refractivity contribution in [3.05, 3.63) is 35.4 Å². The van der Waals surface area contributed by atoms with Crippen LogP contribution in [0.4, 0.5) is 0 Å². The highest BCUT2D eigenvalue weighted by atomic mass is 16.4. The number of hydrogen-bond acceptors (Lipinski definition) is 3. The third kappa shape index (κ3) is 5.19. The Kier molecular flexibility index (Phi) is 6.37. The third-order valence-corrected chi connectivity index (χ3v) is 3.56. The first-order valence-electron chi connectivity index (χ1n) is 7.09. The van der Waals surface area contributed by atoms with E-state index in [1.807, 2.05) is 31.2 Å². The van der Waals surface area contributed by atoms with E-state index in [1.54, 1.807) is 25.9 Å². The van der Waals surface area contributed by atoms with Crippen LogP contribution in [-0.2, 0) is 16.1 Å². The van der Waals surface area contributed by atoms with Gasteiger partial charge in [0.2, 0.25) is 5.91 Å². The van der Waals surface area contributed by atoms with Crippen LogP contribution < -0.4 is 0 Å². The Balaban J connectivity index is 2.69. The Bertz CT molecular complexity index is 483. The zero-order valence-corrected chi connectivity index (χ0v) is 13.2. The van der Waals surface area contributed by atoms with Gasteiger partial charge in [-0.2, -0.15) is 0 Å². The summed E-state index contributed by atoms with van der Waals surface area (Å²) >= 11 is 0. The first kappa shape index (κ1) is 17.2. The van der Waals surface area contributed by atoms with Gasteiger partial charge in [-0.3, -0.25) is 14.5 Å². The highest BCUT2D eigenvalue weighted by Gasteiger charge is 2.14. The van der Waals surface area contributed by atoms with Gasteiger partial charge in [0, 0.05) is 20.6 Å². The Labute approximate surface area is 126 Å². The molecule has 0 aliphatic rings. The fourth-order valence-corrected chi connectivity index (χ4v) is 1.92. The van der Waals surface area contributed by atoms with Gasteiger partial charge >= 0.3 is 5.97 Å². The number of aliphatic carboxylic acids is 1. The number of carbonyl (C=O) groups excluding carboxylic acids is 1. The molecule has 1 aromatic carbocycles. The molecule has 0 aliphatic heterocycles. The number of amides is 1. The lowest BCUT2D eigenvalue weighted by Crippen LogP contribution is -2.36. The standard InChI is InChI=1S/C16H24N2O3/c1-5-18(11-15(19)17(3)4)10-13-6-8-14(9-7-13)12(2)16(20)21/h6-9,12H,5,10-11H2,1-4H3,(H,20,21). The second-order valence-corrected chi connectivity index (χ2v) is 5.39. The van der Waals surface area contributed by atoms with Crippen LogP contribution in [-0.4, -0.2) is 54.0 Å². The molecule has 0 radical (unpaired) electrons. The lowest BCUT2D eigenvalue weighted by atomic mass is 10.00. The fraction of sp³-hybridized carbons (Fsp3) is 0.500. The van der Waals surface area contributed by atoms with E-state index >= 15 is 0 Å². The zero-order chi connectivity index (χ0) is 16.0. The van der Waals surface area contributed by atoms with Gasteiger partial charge in [-0.25, -0.2) is 0 Å². The highest BCUT2D eigenvalue weighted by Crippen LogP contribution is 2.16. The van der Waals surface area contributed by atoms with Gasteiger partial charge in [-0.15, -0.1) is 0 Å². The molecule has 5 heteroatoms. The van der Waals surface area contributed by atoms with Crippen LogP contribution in [0, 0.1) is 0 Å². The van der Waals surface area contributed by atoms with Crippen molar-refractivity contribution in [1.82, 2.24) is 9.80 Å². The van der Waals surface area contributed by atoms with Gasteiger partial charge in [0.15, 0.2) is 0 Å². The maximum atomic E-state index is 11.7. The fourth-order valence-electron chi connectivity index (χ4n) is 1.92. The number of nitrogens with zero attached hydrogens (tertiary/aromatic N) is 2. The summed E-state index contributed by atoms with van der Waals surface area (Å²) in [6.45, 7) is 5.54. The van der Waals surface area contributed by atoms with Crippen molar-refractivity contribution in [3.8, 4) is 0 Å². The summed E-state index contributed by atoms with van der Waals surface area (Å²) in [4.78, 5) is 26.3. The van der Waals surface area contributed by atoms with Gasteiger partial charge < -0.3 is 10.0 Å². The summed E-state index contributed by atoms with van der Waals surface area (Å²) in [5.41, 5.74) is 1.86. The lowest BCUT2D eigenvalue weighted by Gasteiger charge is -2.22. The molecule has 1 rings (SSSR count). The Morgan fingerprint density at radius 1 is 1.19 bits per heavy atom. The molecule has 0 aliphatic carbocycles. The number of benzene rings is 1. The monoisotopic (exact) mass is 292 g/mol. The van der Waals surface area contributed by atoms with E-state index in [4.69, 9.17) is 5.11 Å². The predicted octanol–water partition coefficient (Wildman–Crippen LogP) is 1.78. The quantitative estimate of drug-likeness (QED) is 0.832. The van der Waals surface area contributed by atoms with E-state index in [1.165, 1.54) is 0 Å². The smallest absolute Gasteiger partial charge is 0.310 e. The molecule has 0 saturated heterocycles. The maximum Gasteiger partial charge on any atom is 0.310 e. The molecule has 1 N–H and O–H groups in total. The summed E-state index contributed by atoms with van der Waals surface area (Å²) in [6.07, 6.45) is 0. The van der Waals surface area contributed by atoms with Crippen LogP contribution in [0.1, 0.15) is 30.9 Å². The molecule has 0 heterocycles. The van der Waals surface area contributed by atoms with Crippen LogP contribution in [0.2, 0.25) is 0 Å². The topological polar surface area (TPSA) is 60.9 Å². The van der Waals surface area contributed by atoms with Crippen molar-refractivity contribution in [2.45, 2.75) is 26.3 Å². The van der Waals surface area contributed by atoms with E-state index in [-0.39, 0.29) is 5.91 Å². The van der Waals surface area contributed by atoms with Gasteiger partial charge in [-0.1, -0.05) is 31.2 Å². The number of carboxylic acids is 1. The zero-order valence-electron chi connectivity index (χ0n) is 13.2. The Morgan fingerprint density at radius 2 is 1.76 bits per heavy atom. The molecule has 21 heavy (non-hydrogen) atoms. The maximum absolute atomic E-state index is 11.7. The molecule has 1 amide bonds. The first-order chi connectivity index (χ1) is 9.85. The number of carboxylic acid groups (broad SMARTS) is 1. The number of likely N-dealkylation sites (N-methyl/N-ethyl adjacent to an activating group) is 2. The van der Waals surface area contributed by atoms with Crippen molar-refractivity contribution in [3.63, 3.8) is 0 Å². The highest BCUT2D eigenvalue weighted by molar-refractivity contribution is 5.77. The minimum Gasteiger partial charge on any atom is -0.481 e. The SMILES string of the molecule is CCN(CC(=O)N(C)C)Cc1ccc(C(C)C(=O)O)cc1. The van der Waals surface area contributed by atoms with E-state index in [0.29, 0.717) is 13.1 Å². The largest absolute Gasteiger partial charge is 0.481 e. The van der Waals surface area contributed by atoms with E-state index in [9.17, 15) is 9.59 Å². The molecule has 116 valence electrons. The molecule has 1 aromatic rings. The molecule has 1 atom stereocenters. The van der Waals surface area contributed by atoms with Gasteiger partial charge in [-0.05, 0) is 24.6 Å². The van der Waals surface area contributed by atoms with Crippen LogP contribution in [0.15, 0.2) is 24.3 Å². The predicted molar refractivity (Wildman–Crippen MR) is 82.1 cm³/mol. The molecule has 0 spiro atoms. The van der Waals surface area contributed by atoms with Gasteiger partial charge in [0.1, 0.15) is 0 Å². The molecule has 5 nitrogen and oxygen atoms in total. The minimum atomic E-state index is -0.825. The lowest BCUT2D eigenvalue weighted by molar-refractivity contribution is -0.138. The van der Waals surface area contributed by atoms with E-state index < -0.39 is 11.9 Å². The average Bonchev–Trinajstić information content (AvgIpc) is 2.46. The van der Waals surface area contributed by atoms with Crippen molar-refractivity contribution in [2.24, 2.45) is 0 Å². The van der Waals surface area contributed by atoms with Crippen molar-refractivity contribution >= 4 is 11.9 Å². The summed E-state index contributed by atoms with van der Waals surface area (Å²) in [5.74, 6) is -1.25. The van der Waals surface area contributed by atoms with Crippen molar-refractivity contribution in [1.29, 1.82) is 0 Å². The molecule has 0 fully saturated rings. The van der Waals surface area contributed by atoms with Crippen LogP contribution in [0.5, 0.6) is 0 Å². The number of rotatable bonds is 7. The van der Waals surface area contributed by atoms with Crippen LogP contribution >= 0.6 is 0 Å². The molecular formula is C16H24N2O3. The summed E-state index contributed by atoms with van der Waals surface area (Å²) < 4.78 is 0. The molecule has 0 saturated carbocycles. The second-order valence-electron chi connectivity index (χ2n) is 5.39. The second kappa shape index (κ2) is 7.78. The summed E-state index contributed by atoms with van der Waals surface area (Å²) in [7, 11) is 3.50. The normalized spacial score (nSPS) is 12.2. The van der Waals surface area contributed by atoms with Crippen molar-refractivity contribution in [2.75, 3.05) is 27.2 Å². The molecule has 1 unspecified atom stereocenters. The first-order valence-corrected chi connectivity index (χ1v) is 7.09. The number of hydrogen-bond donors (Lipinski definition) is 1. The van der Waals surface area contributed by atoms with Crippen molar-refractivity contribution < 1.29 is 14.7 Å². The van der Waals surface area contributed by atoms with Crippen LogP contribution in [0.25, 0.3) is 0 Å². The van der Waals surface area contributed by atoms with Gasteiger partial charge in [0.25, 0.3) is 0 Å². The Hall–Kier alpha value is -1.88. The summed E-state index contributed by atoms with van der Waals surface area (Å²) in [6, 6.07) is 7.54. The minimum absolute atomic E-state index is 0.0768. The molecule has 0 aromatic heterocycles. The molecule has 0 bridgehead atoms. The number of carbonyl (C=O) groups is 2. The van der Waals surface area contributed by atoms with Gasteiger partial charge in [0.05, 0.1) is 12.5 Å². The third-order valence-electron chi connectivity index (χ3n) is 3.56. The van der Waals surface area contributed by atoms with E-state index in [2.05, 4.69) is 4.90 Å². The van der Waals surface area contributed by atoms with Crippen LogP contribution in [0.3, 0.4) is 0 Å². The summed E-state index contributed by atoms with van der Waals surface area (Å²) in [5, 5.41) is 8.99.